The first-order chi connectivity index (χ1) is 13.1. The summed E-state index contributed by atoms with van der Waals surface area (Å²) in [6.07, 6.45) is 0. The quantitative estimate of drug-likeness (QED) is 0.582. The first-order valence-corrected chi connectivity index (χ1v) is 8.93. The first kappa shape index (κ1) is 17.2. The zero-order valence-electron chi connectivity index (χ0n) is 15.0. The second kappa shape index (κ2) is 6.82. The molecule has 0 fully saturated rings. The van der Waals surface area contributed by atoms with Gasteiger partial charge in [0.05, 0.1) is 16.8 Å². The predicted molar refractivity (Wildman–Crippen MR) is 107 cm³/mol. The average molecular weight is 356 g/mol. The van der Waals surface area contributed by atoms with E-state index in [0.29, 0.717) is 16.7 Å². The molecule has 4 heteroatoms. The summed E-state index contributed by atoms with van der Waals surface area (Å²) in [6, 6.07) is 26.2. The highest BCUT2D eigenvalue weighted by molar-refractivity contribution is 5.77. The Kier molecular flexibility index (Phi) is 4.34. The van der Waals surface area contributed by atoms with Gasteiger partial charge >= 0.3 is 0 Å². The number of para-hydroxylation sites is 1. The van der Waals surface area contributed by atoms with Gasteiger partial charge < -0.3 is 10.1 Å². The molecule has 1 unspecified atom stereocenters. The van der Waals surface area contributed by atoms with Gasteiger partial charge in [-0.25, -0.2) is 4.98 Å². The molecule has 3 aromatic carbocycles. The summed E-state index contributed by atoms with van der Waals surface area (Å²) in [5.74, 6) is -0.0199. The lowest BCUT2D eigenvalue weighted by Crippen LogP contribution is -2.35. The molecule has 1 atom stereocenters. The van der Waals surface area contributed by atoms with E-state index in [-0.39, 0.29) is 5.56 Å². The third-order valence-electron chi connectivity index (χ3n) is 5.10. The summed E-state index contributed by atoms with van der Waals surface area (Å²) < 4.78 is 0. The van der Waals surface area contributed by atoms with E-state index < -0.39 is 11.5 Å². The van der Waals surface area contributed by atoms with E-state index in [1.807, 2.05) is 85.8 Å². The van der Waals surface area contributed by atoms with Gasteiger partial charge in [0.25, 0.3) is 5.56 Å². The van der Waals surface area contributed by atoms with E-state index in [9.17, 15) is 9.90 Å². The Balaban J connectivity index is 1.92. The van der Waals surface area contributed by atoms with Gasteiger partial charge in [0.15, 0.2) is 0 Å². The van der Waals surface area contributed by atoms with Crippen molar-refractivity contribution in [2.24, 2.45) is 0 Å². The molecule has 0 saturated heterocycles. The number of H-pyrrole nitrogens is 1. The number of hydrogen-bond donors (Lipinski definition) is 2. The Morgan fingerprint density at radius 1 is 0.852 bits per heavy atom. The highest BCUT2D eigenvalue weighted by Gasteiger charge is 2.39. The minimum Gasteiger partial charge on any atom is -0.380 e. The minimum absolute atomic E-state index is 0.203. The van der Waals surface area contributed by atoms with Crippen molar-refractivity contribution in [3.05, 3.63) is 112 Å². The number of fused-ring (bicyclic) bond motifs is 1. The molecule has 0 saturated carbocycles. The molecular formula is C23H20N2O2. The fraction of sp³-hybridized carbons (Fsp3) is 0.130. The van der Waals surface area contributed by atoms with Crippen molar-refractivity contribution >= 4 is 10.9 Å². The van der Waals surface area contributed by atoms with Crippen LogP contribution in [0.15, 0.2) is 89.7 Å². The molecule has 1 heterocycles. The predicted octanol–water partition coefficient (Wildman–Crippen LogP) is 3.96. The number of nitrogens with zero attached hydrogens (tertiary/aromatic N) is 1. The Hall–Kier alpha value is -3.24. The van der Waals surface area contributed by atoms with Crippen LogP contribution < -0.4 is 5.56 Å². The lowest BCUT2D eigenvalue weighted by molar-refractivity contribution is 0.0526. The topological polar surface area (TPSA) is 66.0 Å². The summed E-state index contributed by atoms with van der Waals surface area (Å²) in [4.78, 5) is 20.0. The normalized spacial score (nSPS) is 12.8. The minimum atomic E-state index is -1.33. The maximum atomic E-state index is 12.5. The van der Waals surface area contributed by atoms with Gasteiger partial charge in [0, 0.05) is 0 Å². The molecule has 0 aliphatic carbocycles. The molecule has 0 aliphatic heterocycles. The summed E-state index contributed by atoms with van der Waals surface area (Å²) in [7, 11) is 0. The molecule has 1 aromatic heterocycles. The smallest absolute Gasteiger partial charge is 0.258 e. The van der Waals surface area contributed by atoms with Crippen LogP contribution >= 0.6 is 0 Å². The summed E-state index contributed by atoms with van der Waals surface area (Å²) in [5, 5.41) is 12.4. The van der Waals surface area contributed by atoms with Crippen LogP contribution in [0.1, 0.15) is 29.8 Å². The largest absolute Gasteiger partial charge is 0.380 e. The maximum Gasteiger partial charge on any atom is 0.258 e. The molecule has 4 nitrogen and oxygen atoms in total. The van der Waals surface area contributed by atoms with E-state index in [1.54, 1.807) is 6.07 Å². The van der Waals surface area contributed by atoms with Gasteiger partial charge in [-0.1, -0.05) is 79.7 Å². The summed E-state index contributed by atoms with van der Waals surface area (Å²) in [5.41, 5.74) is 0.581. The van der Waals surface area contributed by atoms with E-state index in [2.05, 4.69) is 9.97 Å². The molecule has 0 spiro atoms. The number of nitrogens with one attached hydrogen (secondary N) is 1. The molecule has 134 valence electrons. The van der Waals surface area contributed by atoms with Crippen LogP contribution in [0, 0.1) is 0 Å². The molecule has 27 heavy (non-hydrogen) atoms. The Morgan fingerprint density at radius 2 is 1.37 bits per heavy atom. The van der Waals surface area contributed by atoms with Crippen LogP contribution in [0.3, 0.4) is 0 Å². The molecule has 0 radical (unpaired) electrons. The fourth-order valence-corrected chi connectivity index (χ4v) is 3.56. The van der Waals surface area contributed by atoms with Crippen LogP contribution in [0.25, 0.3) is 10.9 Å². The second-order valence-corrected chi connectivity index (χ2v) is 6.69. The van der Waals surface area contributed by atoms with Crippen molar-refractivity contribution in [2.45, 2.75) is 18.4 Å². The fourth-order valence-electron chi connectivity index (χ4n) is 3.56. The lowest BCUT2D eigenvalue weighted by Gasteiger charge is -2.34. The third-order valence-corrected chi connectivity index (χ3v) is 5.10. The average Bonchev–Trinajstić information content (AvgIpc) is 2.74. The van der Waals surface area contributed by atoms with E-state index in [1.165, 1.54) is 0 Å². The molecule has 0 bridgehead atoms. The zero-order chi connectivity index (χ0) is 18.9. The van der Waals surface area contributed by atoms with Gasteiger partial charge in [0.2, 0.25) is 0 Å². The Bertz CT molecular complexity index is 1080. The molecule has 2 N–H and O–H groups in total. The van der Waals surface area contributed by atoms with Crippen molar-refractivity contribution in [1.29, 1.82) is 0 Å². The van der Waals surface area contributed by atoms with Gasteiger partial charge in [-0.05, 0) is 23.3 Å². The van der Waals surface area contributed by atoms with Gasteiger partial charge in [-0.2, -0.15) is 0 Å². The number of aromatic amines is 1. The standard InChI is InChI=1S/C23H20N2O2/c1-16(21-24-20-15-9-8-14-19(20)22(26)25-21)23(27,17-10-4-2-5-11-17)18-12-6-3-7-13-18/h2-16,27H,1H3,(H,24,25,26). The number of benzene rings is 3. The van der Waals surface area contributed by atoms with Crippen molar-refractivity contribution in [2.75, 3.05) is 0 Å². The highest BCUT2D eigenvalue weighted by atomic mass is 16.3. The zero-order valence-corrected chi connectivity index (χ0v) is 15.0. The Morgan fingerprint density at radius 3 is 1.96 bits per heavy atom. The van der Waals surface area contributed by atoms with Crippen LogP contribution in [0.2, 0.25) is 0 Å². The van der Waals surface area contributed by atoms with Crippen molar-refractivity contribution in [3.8, 4) is 0 Å². The first-order valence-electron chi connectivity index (χ1n) is 8.93. The van der Waals surface area contributed by atoms with Crippen LogP contribution in [-0.4, -0.2) is 15.1 Å². The maximum absolute atomic E-state index is 12.5. The van der Waals surface area contributed by atoms with E-state index in [0.717, 1.165) is 11.1 Å². The molecule has 0 aliphatic rings. The third kappa shape index (κ3) is 2.94. The van der Waals surface area contributed by atoms with Gasteiger partial charge in [0.1, 0.15) is 11.4 Å². The van der Waals surface area contributed by atoms with Crippen LogP contribution in [0.4, 0.5) is 0 Å². The summed E-state index contributed by atoms with van der Waals surface area (Å²) in [6.45, 7) is 1.88. The molecule has 0 amide bonds. The van der Waals surface area contributed by atoms with Crippen molar-refractivity contribution < 1.29 is 5.11 Å². The molecule has 4 aromatic rings. The van der Waals surface area contributed by atoms with Crippen LogP contribution in [-0.2, 0) is 5.60 Å². The molecule has 4 rings (SSSR count). The van der Waals surface area contributed by atoms with E-state index in [4.69, 9.17) is 0 Å². The van der Waals surface area contributed by atoms with Gasteiger partial charge in [-0.15, -0.1) is 0 Å². The number of aromatic nitrogens is 2. The highest BCUT2D eigenvalue weighted by Crippen LogP contribution is 2.41. The molecular weight excluding hydrogens is 336 g/mol. The van der Waals surface area contributed by atoms with Crippen LogP contribution in [0.5, 0.6) is 0 Å². The number of rotatable bonds is 4. The number of hydrogen-bond acceptors (Lipinski definition) is 3. The van der Waals surface area contributed by atoms with Crippen molar-refractivity contribution in [3.63, 3.8) is 0 Å². The second-order valence-electron chi connectivity index (χ2n) is 6.69. The van der Waals surface area contributed by atoms with E-state index >= 15 is 0 Å². The van der Waals surface area contributed by atoms with Gasteiger partial charge in [-0.3, -0.25) is 4.79 Å². The number of aliphatic hydroxyl groups is 1. The summed E-state index contributed by atoms with van der Waals surface area (Å²) >= 11 is 0. The monoisotopic (exact) mass is 356 g/mol. The SMILES string of the molecule is CC(c1nc2ccccc2c(=O)[nH]1)C(O)(c1ccccc1)c1ccccc1. The Labute approximate surface area is 157 Å². The lowest BCUT2D eigenvalue weighted by atomic mass is 9.76. The van der Waals surface area contributed by atoms with Crippen molar-refractivity contribution in [1.82, 2.24) is 9.97 Å².